The largest absolute Gasteiger partial charge is 0.392 e. The lowest BCUT2D eigenvalue weighted by Gasteiger charge is -2.14. The van der Waals surface area contributed by atoms with Gasteiger partial charge in [0, 0.05) is 19.5 Å². The summed E-state index contributed by atoms with van der Waals surface area (Å²) in [6, 6.07) is 0. The molecule has 0 saturated heterocycles. The number of rotatable bonds is 6. The summed E-state index contributed by atoms with van der Waals surface area (Å²) in [6.45, 7) is 1.06. The van der Waals surface area contributed by atoms with Crippen LogP contribution in [0.2, 0.25) is 0 Å². The number of aliphatic hydroxyl groups is 2. The summed E-state index contributed by atoms with van der Waals surface area (Å²) in [4.78, 5) is 0. The molecule has 0 aliphatic heterocycles. The van der Waals surface area contributed by atoms with Crippen LogP contribution in [0.15, 0.2) is 0 Å². The van der Waals surface area contributed by atoms with Crippen molar-refractivity contribution in [3.8, 4) is 0 Å². The molecule has 4 nitrogen and oxygen atoms in total. The second kappa shape index (κ2) is 6.54. The molecule has 4 heteroatoms. The highest BCUT2D eigenvalue weighted by atomic mass is 16.3. The Labute approximate surface area is 67.6 Å². The van der Waals surface area contributed by atoms with Gasteiger partial charge in [-0.05, 0) is 14.1 Å². The van der Waals surface area contributed by atoms with Gasteiger partial charge in [-0.3, -0.25) is 0 Å². The lowest BCUT2D eigenvalue weighted by atomic mass is 10.1. The molecule has 0 rings (SSSR count). The lowest BCUT2D eigenvalue weighted by Crippen LogP contribution is -2.32. The van der Waals surface area contributed by atoms with Crippen molar-refractivity contribution in [3.63, 3.8) is 0 Å². The van der Waals surface area contributed by atoms with Crippen LogP contribution in [-0.4, -0.2) is 49.6 Å². The first-order chi connectivity index (χ1) is 5.20. The summed E-state index contributed by atoms with van der Waals surface area (Å²) in [5, 5.41) is 24.1. The highest BCUT2D eigenvalue weighted by Crippen LogP contribution is 1.95. The Bertz CT molecular complexity index is 80.5. The molecule has 0 aliphatic carbocycles. The monoisotopic (exact) mass is 162 g/mol. The molecule has 0 aromatic heterocycles. The van der Waals surface area contributed by atoms with E-state index in [2.05, 4.69) is 10.6 Å². The highest BCUT2D eigenvalue weighted by Gasteiger charge is 2.09. The van der Waals surface area contributed by atoms with E-state index in [4.69, 9.17) is 0 Å². The Kier molecular flexibility index (Phi) is 6.45. The van der Waals surface area contributed by atoms with E-state index >= 15 is 0 Å². The van der Waals surface area contributed by atoms with Crippen LogP contribution in [0.3, 0.4) is 0 Å². The van der Waals surface area contributed by atoms with E-state index < -0.39 is 12.2 Å². The minimum Gasteiger partial charge on any atom is -0.392 e. The zero-order valence-electron chi connectivity index (χ0n) is 7.17. The molecule has 4 N–H and O–H groups in total. The van der Waals surface area contributed by atoms with Crippen LogP contribution in [-0.2, 0) is 0 Å². The van der Waals surface area contributed by atoms with Crippen LogP contribution in [0.1, 0.15) is 6.42 Å². The summed E-state index contributed by atoms with van der Waals surface area (Å²) in [6.07, 6.45) is -0.492. The molecule has 2 atom stereocenters. The smallest absolute Gasteiger partial charge is 0.0689 e. The van der Waals surface area contributed by atoms with Crippen molar-refractivity contribution < 1.29 is 10.2 Å². The van der Waals surface area contributed by atoms with Gasteiger partial charge in [0.25, 0.3) is 0 Å². The second-order valence-electron chi connectivity index (χ2n) is 2.66. The summed E-state index contributed by atoms with van der Waals surface area (Å²) >= 11 is 0. The summed E-state index contributed by atoms with van der Waals surface area (Å²) in [7, 11) is 3.54. The Morgan fingerprint density at radius 1 is 1.00 bits per heavy atom. The molecule has 0 aromatic carbocycles. The molecule has 2 unspecified atom stereocenters. The second-order valence-corrected chi connectivity index (χ2v) is 2.66. The molecule has 0 aromatic rings. The fourth-order valence-electron chi connectivity index (χ4n) is 0.952. The average molecular weight is 162 g/mol. The van der Waals surface area contributed by atoms with Crippen LogP contribution >= 0.6 is 0 Å². The Morgan fingerprint density at radius 2 is 1.36 bits per heavy atom. The number of nitrogens with one attached hydrogen (secondary N) is 2. The predicted molar refractivity (Wildman–Crippen MR) is 44.5 cm³/mol. The van der Waals surface area contributed by atoms with Crippen molar-refractivity contribution in [2.75, 3.05) is 27.2 Å². The zero-order valence-corrected chi connectivity index (χ0v) is 7.17. The van der Waals surface area contributed by atoms with Crippen LogP contribution in [0.25, 0.3) is 0 Å². The summed E-state index contributed by atoms with van der Waals surface area (Å²) < 4.78 is 0. The van der Waals surface area contributed by atoms with Crippen LogP contribution in [0.4, 0.5) is 0 Å². The maximum absolute atomic E-state index is 9.20. The first-order valence-electron chi connectivity index (χ1n) is 3.86. The number of hydrogen-bond acceptors (Lipinski definition) is 4. The fourth-order valence-corrected chi connectivity index (χ4v) is 0.952. The van der Waals surface area contributed by atoms with E-state index in [1.807, 2.05) is 0 Å². The molecule has 0 spiro atoms. The first kappa shape index (κ1) is 10.8. The van der Waals surface area contributed by atoms with E-state index in [0.29, 0.717) is 19.5 Å². The third-order valence-electron chi connectivity index (χ3n) is 1.42. The van der Waals surface area contributed by atoms with E-state index in [9.17, 15) is 10.2 Å². The molecule has 68 valence electrons. The third kappa shape index (κ3) is 6.25. The summed E-state index contributed by atoms with van der Waals surface area (Å²) in [5.41, 5.74) is 0. The van der Waals surface area contributed by atoms with Gasteiger partial charge in [-0.2, -0.15) is 0 Å². The molecule has 0 radical (unpaired) electrons. The van der Waals surface area contributed by atoms with Crippen LogP contribution < -0.4 is 10.6 Å². The van der Waals surface area contributed by atoms with E-state index in [1.54, 1.807) is 14.1 Å². The lowest BCUT2D eigenvalue weighted by molar-refractivity contribution is 0.0821. The molecule has 0 saturated carbocycles. The van der Waals surface area contributed by atoms with E-state index in [-0.39, 0.29) is 0 Å². The molecule has 11 heavy (non-hydrogen) atoms. The molecule has 0 fully saturated rings. The molecule has 0 aliphatic rings. The molecule has 0 amide bonds. The maximum atomic E-state index is 9.20. The van der Waals surface area contributed by atoms with Crippen molar-refractivity contribution in [1.82, 2.24) is 10.6 Å². The summed E-state index contributed by atoms with van der Waals surface area (Å²) in [5.74, 6) is 0. The van der Waals surface area contributed by atoms with Crippen molar-refractivity contribution >= 4 is 0 Å². The van der Waals surface area contributed by atoms with E-state index in [1.165, 1.54) is 0 Å². The van der Waals surface area contributed by atoms with Gasteiger partial charge in [0.2, 0.25) is 0 Å². The minimum atomic E-state index is -0.455. The SMILES string of the molecule is CNCC(O)CC(O)CNC. The van der Waals surface area contributed by atoms with Crippen LogP contribution in [0.5, 0.6) is 0 Å². The van der Waals surface area contributed by atoms with Gasteiger partial charge in [0.1, 0.15) is 0 Å². The standard InChI is InChI=1S/C7H18N2O2/c1-8-4-6(10)3-7(11)5-9-2/h6-11H,3-5H2,1-2H3. The van der Waals surface area contributed by atoms with Crippen molar-refractivity contribution in [3.05, 3.63) is 0 Å². The predicted octanol–water partition coefficient (Wildman–Crippen LogP) is -1.46. The fraction of sp³-hybridized carbons (Fsp3) is 1.00. The molecule has 0 bridgehead atoms. The molecular weight excluding hydrogens is 144 g/mol. The first-order valence-corrected chi connectivity index (χ1v) is 3.86. The van der Waals surface area contributed by atoms with Gasteiger partial charge < -0.3 is 20.8 Å². The van der Waals surface area contributed by atoms with Gasteiger partial charge >= 0.3 is 0 Å². The zero-order chi connectivity index (χ0) is 8.69. The molecule has 0 heterocycles. The Balaban J connectivity index is 3.32. The normalized spacial score (nSPS) is 16.4. The Morgan fingerprint density at radius 3 is 1.64 bits per heavy atom. The van der Waals surface area contributed by atoms with Gasteiger partial charge in [0.15, 0.2) is 0 Å². The van der Waals surface area contributed by atoms with E-state index in [0.717, 1.165) is 0 Å². The third-order valence-corrected chi connectivity index (χ3v) is 1.42. The number of aliphatic hydroxyl groups excluding tert-OH is 2. The number of likely N-dealkylation sites (N-methyl/N-ethyl adjacent to an activating group) is 2. The van der Waals surface area contributed by atoms with Crippen molar-refractivity contribution in [2.45, 2.75) is 18.6 Å². The maximum Gasteiger partial charge on any atom is 0.0689 e. The van der Waals surface area contributed by atoms with Gasteiger partial charge in [-0.1, -0.05) is 0 Å². The minimum absolute atomic E-state index is 0.418. The quantitative estimate of drug-likeness (QED) is 0.385. The number of hydrogen-bond donors (Lipinski definition) is 4. The van der Waals surface area contributed by atoms with Crippen molar-refractivity contribution in [2.24, 2.45) is 0 Å². The van der Waals surface area contributed by atoms with Gasteiger partial charge in [-0.15, -0.1) is 0 Å². The van der Waals surface area contributed by atoms with Gasteiger partial charge in [-0.25, -0.2) is 0 Å². The van der Waals surface area contributed by atoms with Gasteiger partial charge in [0.05, 0.1) is 12.2 Å². The molecular formula is C7H18N2O2. The highest BCUT2D eigenvalue weighted by molar-refractivity contribution is 4.65. The average Bonchev–Trinajstić information content (AvgIpc) is 1.87. The topological polar surface area (TPSA) is 64.5 Å². The van der Waals surface area contributed by atoms with Crippen molar-refractivity contribution in [1.29, 1.82) is 0 Å². The Hall–Kier alpha value is -0.160. The van der Waals surface area contributed by atoms with Crippen LogP contribution in [0, 0.1) is 0 Å².